The highest BCUT2D eigenvalue weighted by atomic mass is 19.1. The molecule has 31 heavy (non-hydrogen) atoms. The second-order valence-electron chi connectivity index (χ2n) is 8.80. The lowest BCUT2D eigenvalue weighted by molar-refractivity contribution is -0.147. The van der Waals surface area contributed by atoms with Gasteiger partial charge in [-0.2, -0.15) is 5.10 Å². The second kappa shape index (κ2) is 6.88. The number of rotatable bonds is 3. The topological polar surface area (TPSA) is 78.7 Å². The average Bonchev–Trinajstić information content (AvgIpc) is 3.41. The molecule has 0 saturated carbocycles. The Bertz CT molecular complexity index is 1200. The summed E-state index contributed by atoms with van der Waals surface area (Å²) < 4.78 is 15.9. The minimum Gasteiger partial charge on any atom is -0.381 e. The predicted molar refractivity (Wildman–Crippen MR) is 113 cm³/mol. The van der Waals surface area contributed by atoms with Crippen LogP contribution in [0.25, 0.3) is 16.6 Å². The van der Waals surface area contributed by atoms with Gasteiger partial charge in [0, 0.05) is 30.9 Å². The molecule has 2 atom stereocenters. The fourth-order valence-corrected chi connectivity index (χ4v) is 4.72. The van der Waals surface area contributed by atoms with Gasteiger partial charge in [0.2, 0.25) is 5.91 Å². The van der Waals surface area contributed by atoms with E-state index >= 15 is 0 Å². The zero-order valence-corrected chi connectivity index (χ0v) is 17.3. The molecule has 3 aromatic rings. The molecule has 0 spiro atoms. The van der Waals surface area contributed by atoms with Crippen LogP contribution in [0.3, 0.4) is 0 Å². The molecule has 2 fully saturated rings. The molecule has 1 aromatic heterocycles. The van der Waals surface area contributed by atoms with Crippen molar-refractivity contribution < 1.29 is 19.1 Å². The van der Waals surface area contributed by atoms with Gasteiger partial charge in [-0.3, -0.25) is 9.59 Å². The van der Waals surface area contributed by atoms with Crippen molar-refractivity contribution >= 4 is 28.4 Å². The second-order valence-corrected chi connectivity index (χ2v) is 8.80. The quantitative estimate of drug-likeness (QED) is 0.703. The number of benzene rings is 2. The van der Waals surface area contributed by atoms with Crippen LogP contribution in [0.15, 0.2) is 48.7 Å². The fraction of sp³-hybridized carbons (Fsp3) is 0.348. The van der Waals surface area contributed by atoms with Crippen LogP contribution in [0.4, 0.5) is 10.1 Å². The number of hydrogen-bond acceptors (Lipinski definition) is 4. The number of amides is 2. The first kappa shape index (κ1) is 19.7. The lowest BCUT2D eigenvalue weighted by atomic mass is 10.0. The molecule has 7 nitrogen and oxygen atoms in total. The highest BCUT2D eigenvalue weighted by Crippen LogP contribution is 2.38. The van der Waals surface area contributed by atoms with Crippen LogP contribution < -0.4 is 4.90 Å². The molecule has 0 radical (unpaired) electrons. The van der Waals surface area contributed by atoms with Crippen molar-refractivity contribution in [2.24, 2.45) is 11.8 Å². The van der Waals surface area contributed by atoms with E-state index in [-0.39, 0.29) is 29.5 Å². The number of fused-ring (bicyclic) bond motifs is 2. The first-order valence-corrected chi connectivity index (χ1v) is 10.3. The number of para-hydroxylation sites is 1. The molecule has 2 aliphatic heterocycles. The molecule has 5 rings (SSSR count). The van der Waals surface area contributed by atoms with E-state index in [0.29, 0.717) is 30.8 Å². The van der Waals surface area contributed by atoms with Crippen molar-refractivity contribution in [3.8, 4) is 5.69 Å². The summed E-state index contributed by atoms with van der Waals surface area (Å²) in [5.74, 6) is -1.04. The van der Waals surface area contributed by atoms with Crippen molar-refractivity contribution in [2.75, 3.05) is 24.5 Å². The van der Waals surface area contributed by atoms with Crippen molar-refractivity contribution in [2.45, 2.75) is 19.4 Å². The molecule has 0 bridgehead atoms. The largest absolute Gasteiger partial charge is 0.381 e. The van der Waals surface area contributed by atoms with E-state index in [9.17, 15) is 19.1 Å². The number of likely N-dealkylation sites (tertiary alicyclic amines) is 1. The van der Waals surface area contributed by atoms with Crippen molar-refractivity contribution in [1.29, 1.82) is 0 Å². The van der Waals surface area contributed by atoms with E-state index in [1.807, 2.05) is 18.2 Å². The number of aromatic nitrogens is 2. The zero-order chi connectivity index (χ0) is 21.9. The van der Waals surface area contributed by atoms with E-state index < -0.39 is 5.60 Å². The summed E-state index contributed by atoms with van der Waals surface area (Å²) in [6.07, 6.45) is 1.66. The highest BCUT2D eigenvalue weighted by Gasteiger charge is 2.49. The monoisotopic (exact) mass is 422 g/mol. The van der Waals surface area contributed by atoms with Crippen LogP contribution in [-0.2, 0) is 9.59 Å². The van der Waals surface area contributed by atoms with Gasteiger partial charge in [0.15, 0.2) is 0 Å². The Labute approximate surface area is 178 Å². The molecular weight excluding hydrogens is 399 g/mol. The minimum atomic E-state index is -1.45. The summed E-state index contributed by atoms with van der Waals surface area (Å²) in [4.78, 5) is 29.0. The van der Waals surface area contributed by atoms with Crippen LogP contribution in [0, 0.1) is 17.7 Å². The SMILES string of the molecule is CC(C)(O)C(=O)N1C[C@H]2CN(c3cccc4c3cnn4-c3ccccc3F)C(=O)[C@H]2C1. The Kier molecular flexibility index (Phi) is 4.37. The van der Waals surface area contributed by atoms with Gasteiger partial charge in [0.25, 0.3) is 5.91 Å². The van der Waals surface area contributed by atoms with E-state index in [1.54, 1.807) is 38.9 Å². The number of nitrogens with zero attached hydrogens (tertiary/aromatic N) is 4. The van der Waals surface area contributed by atoms with Gasteiger partial charge in [-0.1, -0.05) is 18.2 Å². The van der Waals surface area contributed by atoms with Gasteiger partial charge in [0.1, 0.15) is 17.1 Å². The minimum absolute atomic E-state index is 0.00988. The number of carbonyl (C=O) groups excluding carboxylic acids is 2. The van der Waals surface area contributed by atoms with E-state index in [1.165, 1.54) is 19.9 Å². The summed E-state index contributed by atoms with van der Waals surface area (Å²) in [5.41, 5.74) is 0.347. The van der Waals surface area contributed by atoms with E-state index in [0.717, 1.165) is 11.1 Å². The van der Waals surface area contributed by atoms with Gasteiger partial charge >= 0.3 is 0 Å². The van der Waals surface area contributed by atoms with Gasteiger partial charge in [-0.05, 0) is 38.1 Å². The Morgan fingerprint density at radius 3 is 2.55 bits per heavy atom. The highest BCUT2D eigenvalue weighted by molar-refractivity contribution is 6.06. The molecule has 2 saturated heterocycles. The van der Waals surface area contributed by atoms with Gasteiger partial charge in [0.05, 0.1) is 23.3 Å². The van der Waals surface area contributed by atoms with Crippen LogP contribution in [0.1, 0.15) is 13.8 Å². The molecule has 160 valence electrons. The molecule has 8 heteroatoms. The normalized spacial score (nSPS) is 21.2. The van der Waals surface area contributed by atoms with Gasteiger partial charge in [-0.15, -0.1) is 0 Å². The Morgan fingerprint density at radius 2 is 1.84 bits per heavy atom. The summed E-state index contributed by atoms with van der Waals surface area (Å²) in [6.45, 7) is 4.17. The van der Waals surface area contributed by atoms with Crippen molar-refractivity contribution in [3.05, 3.63) is 54.5 Å². The maximum atomic E-state index is 14.3. The molecule has 0 unspecified atom stereocenters. The molecule has 0 aliphatic carbocycles. The summed E-state index contributed by atoms with van der Waals surface area (Å²) >= 11 is 0. The molecule has 2 aliphatic rings. The summed E-state index contributed by atoms with van der Waals surface area (Å²) in [6, 6.07) is 12.0. The number of anilines is 1. The summed E-state index contributed by atoms with van der Waals surface area (Å²) in [5, 5.41) is 15.2. The molecule has 2 amide bonds. The van der Waals surface area contributed by atoms with Crippen LogP contribution >= 0.6 is 0 Å². The maximum Gasteiger partial charge on any atom is 0.253 e. The van der Waals surface area contributed by atoms with Crippen LogP contribution in [0.2, 0.25) is 0 Å². The average molecular weight is 422 g/mol. The van der Waals surface area contributed by atoms with Crippen molar-refractivity contribution in [1.82, 2.24) is 14.7 Å². The first-order chi connectivity index (χ1) is 14.8. The number of aliphatic hydroxyl groups is 1. The third-order valence-electron chi connectivity index (χ3n) is 6.21. The van der Waals surface area contributed by atoms with Gasteiger partial charge in [-0.25, -0.2) is 9.07 Å². The first-order valence-electron chi connectivity index (χ1n) is 10.3. The molecule has 3 heterocycles. The molecule has 2 aromatic carbocycles. The Morgan fingerprint density at radius 1 is 1.10 bits per heavy atom. The fourth-order valence-electron chi connectivity index (χ4n) is 4.72. The predicted octanol–water partition coefficient (Wildman–Crippen LogP) is 2.36. The smallest absolute Gasteiger partial charge is 0.253 e. The third-order valence-corrected chi connectivity index (χ3v) is 6.21. The summed E-state index contributed by atoms with van der Waals surface area (Å²) in [7, 11) is 0. The zero-order valence-electron chi connectivity index (χ0n) is 17.3. The van der Waals surface area contributed by atoms with E-state index in [2.05, 4.69) is 5.10 Å². The number of carbonyl (C=O) groups is 2. The Balaban J connectivity index is 1.45. The van der Waals surface area contributed by atoms with Crippen LogP contribution in [0.5, 0.6) is 0 Å². The lowest BCUT2D eigenvalue weighted by Crippen LogP contribution is -2.45. The molecule has 1 N–H and O–H groups in total. The number of halogens is 1. The standard InChI is InChI=1S/C23H23FN4O3/c1-23(2,31)22(30)26-11-14-12-27(21(29)16(14)13-26)18-8-5-9-19-15(18)10-25-28(19)20-7-4-3-6-17(20)24/h3-10,14,16,31H,11-13H2,1-2H3/t14-,16-/m0/s1. The molecular formula is C23H23FN4O3. The van der Waals surface area contributed by atoms with Crippen LogP contribution in [-0.4, -0.2) is 56.8 Å². The van der Waals surface area contributed by atoms with Gasteiger partial charge < -0.3 is 14.9 Å². The maximum absolute atomic E-state index is 14.3. The lowest BCUT2D eigenvalue weighted by Gasteiger charge is -2.26. The van der Waals surface area contributed by atoms with E-state index in [4.69, 9.17) is 0 Å². The van der Waals surface area contributed by atoms with Crippen molar-refractivity contribution in [3.63, 3.8) is 0 Å². The number of hydrogen-bond donors (Lipinski definition) is 1. The Hall–Kier alpha value is -3.26. The third kappa shape index (κ3) is 3.09.